The summed E-state index contributed by atoms with van der Waals surface area (Å²) in [7, 11) is 0. The molecule has 1 atom stereocenters. The molecule has 1 unspecified atom stereocenters. The topological polar surface area (TPSA) is 24.9 Å². The fraction of sp³-hybridized carbons (Fsp3) is 0.438. The van der Waals surface area contributed by atoms with E-state index in [1.165, 1.54) is 23.1 Å². The largest absolute Gasteiger partial charge is 0.304 e. The molecule has 0 aliphatic heterocycles. The van der Waals surface area contributed by atoms with Crippen molar-refractivity contribution in [2.75, 3.05) is 6.54 Å². The summed E-state index contributed by atoms with van der Waals surface area (Å²) in [4.78, 5) is 6.20. The molecule has 0 fully saturated rings. The molecule has 20 heavy (non-hydrogen) atoms. The van der Waals surface area contributed by atoms with E-state index in [4.69, 9.17) is 4.98 Å². The second-order valence-electron chi connectivity index (χ2n) is 5.22. The molecule has 1 aromatic carbocycles. The van der Waals surface area contributed by atoms with E-state index in [0.717, 1.165) is 36.4 Å². The first-order chi connectivity index (χ1) is 9.78. The highest BCUT2D eigenvalue weighted by atomic mass is 32.1. The minimum absolute atomic E-state index is 0.0150. The molecule has 106 valence electrons. The van der Waals surface area contributed by atoms with Crippen molar-refractivity contribution in [2.24, 2.45) is 0 Å². The van der Waals surface area contributed by atoms with Crippen LogP contribution < -0.4 is 5.32 Å². The van der Waals surface area contributed by atoms with Crippen LogP contribution in [0.4, 0.5) is 4.39 Å². The molecular formula is C16H19FN2S. The van der Waals surface area contributed by atoms with Crippen LogP contribution in [0.1, 0.15) is 46.9 Å². The summed E-state index contributed by atoms with van der Waals surface area (Å²) < 4.78 is 13.5. The molecule has 3 rings (SSSR count). The van der Waals surface area contributed by atoms with E-state index < -0.39 is 0 Å². The maximum atomic E-state index is 13.5. The van der Waals surface area contributed by atoms with Crippen molar-refractivity contribution in [1.82, 2.24) is 10.3 Å². The van der Waals surface area contributed by atoms with E-state index in [9.17, 15) is 4.39 Å². The van der Waals surface area contributed by atoms with Gasteiger partial charge in [-0.15, -0.1) is 11.3 Å². The van der Waals surface area contributed by atoms with Crippen LogP contribution in [0.15, 0.2) is 24.3 Å². The number of aromatic nitrogens is 1. The lowest BCUT2D eigenvalue weighted by atomic mass is 10.1. The Labute approximate surface area is 123 Å². The highest BCUT2D eigenvalue weighted by molar-refractivity contribution is 7.11. The smallest absolute Gasteiger partial charge is 0.123 e. The molecular weight excluding hydrogens is 271 g/mol. The van der Waals surface area contributed by atoms with Crippen LogP contribution in [-0.2, 0) is 12.8 Å². The zero-order chi connectivity index (χ0) is 13.9. The van der Waals surface area contributed by atoms with Gasteiger partial charge in [-0.25, -0.2) is 9.37 Å². The van der Waals surface area contributed by atoms with Crippen molar-refractivity contribution in [1.29, 1.82) is 0 Å². The zero-order valence-electron chi connectivity index (χ0n) is 11.7. The molecule has 2 nitrogen and oxygen atoms in total. The summed E-state index contributed by atoms with van der Waals surface area (Å²) in [5, 5.41) is 4.58. The summed E-state index contributed by atoms with van der Waals surface area (Å²) in [6.45, 7) is 3.04. The quantitative estimate of drug-likeness (QED) is 0.904. The number of hydrogen-bond donors (Lipinski definition) is 1. The summed E-state index contributed by atoms with van der Waals surface area (Å²) in [5.74, 6) is -0.185. The van der Waals surface area contributed by atoms with Crippen LogP contribution in [0.25, 0.3) is 0 Å². The van der Waals surface area contributed by atoms with Crippen molar-refractivity contribution in [3.63, 3.8) is 0 Å². The molecule has 4 heteroatoms. The molecule has 2 aromatic rings. The first kappa shape index (κ1) is 13.7. The van der Waals surface area contributed by atoms with E-state index in [2.05, 4.69) is 12.2 Å². The maximum Gasteiger partial charge on any atom is 0.123 e. The zero-order valence-corrected chi connectivity index (χ0v) is 12.5. The van der Waals surface area contributed by atoms with Gasteiger partial charge >= 0.3 is 0 Å². The third-order valence-corrected chi connectivity index (χ3v) is 4.86. The Kier molecular flexibility index (Phi) is 4.13. The Morgan fingerprint density at radius 2 is 2.30 bits per heavy atom. The minimum Gasteiger partial charge on any atom is -0.304 e. The predicted octanol–water partition coefficient (Wildman–Crippen LogP) is 3.86. The lowest BCUT2D eigenvalue weighted by Gasteiger charge is -2.16. The molecule has 1 aliphatic rings. The highest BCUT2D eigenvalue weighted by Gasteiger charge is 2.23. The number of rotatable bonds is 5. The van der Waals surface area contributed by atoms with Gasteiger partial charge in [0.15, 0.2) is 0 Å². The van der Waals surface area contributed by atoms with E-state index in [1.54, 1.807) is 23.5 Å². The average Bonchev–Trinajstić information content (AvgIpc) is 3.00. The van der Waals surface area contributed by atoms with Gasteiger partial charge in [0.1, 0.15) is 10.8 Å². The summed E-state index contributed by atoms with van der Waals surface area (Å²) >= 11 is 1.79. The fourth-order valence-corrected chi connectivity index (χ4v) is 3.91. The van der Waals surface area contributed by atoms with E-state index >= 15 is 0 Å². The Balaban J connectivity index is 1.92. The summed E-state index contributed by atoms with van der Waals surface area (Å²) in [6.07, 6.45) is 4.52. The van der Waals surface area contributed by atoms with E-state index in [0.29, 0.717) is 0 Å². The average molecular weight is 290 g/mol. The first-order valence-electron chi connectivity index (χ1n) is 7.25. The number of hydrogen-bond acceptors (Lipinski definition) is 3. The maximum absolute atomic E-state index is 13.5. The van der Waals surface area contributed by atoms with Crippen LogP contribution in [0.3, 0.4) is 0 Å². The second-order valence-corrected chi connectivity index (χ2v) is 6.33. The standard InChI is InChI=1S/C16H19FN2S/c1-2-9-18-15(11-5-3-6-12(17)10-11)16-19-13-7-4-8-14(13)20-16/h3,5-6,10,15,18H,2,4,7-9H2,1H3. The SMILES string of the molecule is CCCNC(c1cccc(F)c1)c1nc2c(s1)CCC2. The third-order valence-electron chi connectivity index (χ3n) is 3.64. The number of benzene rings is 1. The van der Waals surface area contributed by atoms with Crippen molar-refractivity contribution in [3.8, 4) is 0 Å². The molecule has 0 spiro atoms. The number of aryl methyl sites for hydroxylation is 2. The van der Waals surface area contributed by atoms with Crippen molar-refractivity contribution < 1.29 is 4.39 Å². The third kappa shape index (κ3) is 2.76. The van der Waals surface area contributed by atoms with Gasteiger partial charge in [-0.3, -0.25) is 0 Å². The van der Waals surface area contributed by atoms with Crippen LogP contribution in [0.5, 0.6) is 0 Å². The Hall–Kier alpha value is -1.26. The van der Waals surface area contributed by atoms with Gasteiger partial charge in [0.05, 0.1) is 11.7 Å². The van der Waals surface area contributed by atoms with Gasteiger partial charge < -0.3 is 5.32 Å². The van der Waals surface area contributed by atoms with Crippen molar-refractivity contribution in [2.45, 2.75) is 38.6 Å². The van der Waals surface area contributed by atoms with Gasteiger partial charge in [-0.05, 0) is 49.9 Å². The first-order valence-corrected chi connectivity index (χ1v) is 8.07. The normalized spacial score (nSPS) is 15.3. The molecule has 1 aliphatic carbocycles. The van der Waals surface area contributed by atoms with Crippen LogP contribution in [0.2, 0.25) is 0 Å². The van der Waals surface area contributed by atoms with Gasteiger partial charge in [-0.1, -0.05) is 19.1 Å². The van der Waals surface area contributed by atoms with Crippen LogP contribution in [0, 0.1) is 5.82 Å². The fourth-order valence-electron chi connectivity index (χ4n) is 2.66. The number of fused-ring (bicyclic) bond motifs is 1. The molecule has 1 heterocycles. The van der Waals surface area contributed by atoms with Crippen LogP contribution in [-0.4, -0.2) is 11.5 Å². The number of nitrogens with one attached hydrogen (secondary N) is 1. The summed E-state index contributed by atoms with van der Waals surface area (Å²) in [6, 6.07) is 6.86. The molecule has 0 saturated carbocycles. The molecule has 1 aromatic heterocycles. The van der Waals surface area contributed by atoms with Gasteiger partial charge in [-0.2, -0.15) is 0 Å². The Bertz CT molecular complexity index is 572. The minimum atomic E-state index is -0.185. The molecule has 1 N–H and O–H groups in total. The van der Waals surface area contributed by atoms with Crippen molar-refractivity contribution in [3.05, 3.63) is 51.2 Å². The molecule has 0 bridgehead atoms. The highest BCUT2D eigenvalue weighted by Crippen LogP contribution is 2.33. The summed E-state index contributed by atoms with van der Waals surface area (Å²) in [5.41, 5.74) is 2.22. The second kappa shape index (κ2) is 6.02. The molecule has 0 radical (unpaired) electrons. The van der Waals surface area contributed by atoms with Gasteiger partial charge in [0.2, 0.25) is 0 Å². The predicted molar refractivity (Wildman–Crippen MR) is 80.7 cm³/mol. The number of halogens is 1. The molecule has 0 amide bonds. The monoisotopic (exact) mass is 290 g/mol. The van der Waals surface area contributed by atoms with Crippen molar-refractivity contribution >= 4 is 11.3 Å². The lowest BCUT2D eigenvalue weighted by molar-refractivity contribution is 0.582. The van der Waals surface area contributed by atoms with Crippen LogP contribution >= 0.6 is 11.3 Å². The Morgan fingerprint density at radius 3 is 3.05 bits per heavy atom. The van der Waals surface area contributed by atoms with Gasteiger partial charge in [0, 0.05) is 4.88 Å². The number of nitrogens with zero attached hydrogens (tertiary/aromatic N) is 1. The van der Waals surface area contributed by atoms with E-state index in [1.807, 2.05) is 6.07 Å². The molecule has 0 saturated heterocycles. The van der Waals surface area contributed by atoms with E-state index in [-0.39, 0.29) is 11.9 Å². The Morgan fingerprint density at radius 1 is 1.40 bits per heavy atom. The lowest BCUT2D eigenvalue weighted by Crippen LogP contribution is -2.23. The number of thiazole rings is 1. The van der Waals surface area contributed by atoms with Gasteiger partial charge in [0.25, 0.3) is 0 Å².